The Morgan fingerprint density at radius 2 is 1.43 bits per heavy atom. The summed E-state index contributed by atoms with van der Waals surface area (Å²) in [5.74, 6) is -4.82. The van der Waals surface area contributed by atoms with E-state index in [4.69, 9.17) is 33.2 Å². The van der Waals surface area contributed by atoms with Gasteiger partial charge in [0.2, 0.25) is 29.4 Å². The van der Waals surface area contributed by atoms with E-state index in [-0.39, 0.29) is 64.0 Å². The van der Waals surface area contributed by atoms with Crippen molar-refractivity contribution >= 4 is 63.9 Å². The van der Waals surface area contributed by atoms with Crippen LogP contribution >= 0.6 is 0 Å². The molecule has 0 unspecified atom stereocenters. The predicted molar refractivity (Wildman–Crippen MR) is 337 cm³/mol. The van der Waals surface area contributed by atoms with Crippen molar-refractivity contribution in [3.05, 3.63) is 108 Å². The third kappa shape index (κ3) is 19.5. The number of carbonyl (C=O) groups excluding carboxylic acids is 9. The smallest absolute Gasteiger partial charge is 0.330 e. The molecule has 4 aromatic carbocycles. The Balaban J connectivity index is 1.37. The Labute approximate surface area is 528 Å². The van der Waals surface area contributed by atoms with Gasteiger partial charge in [-0.15, -0.1) is 0 Å². The lowest BCUT2D eigenvalue weighted by molar-refractivity contribution is -0.165. The number of nitrogens with zero attached hydrogens (tertiary/aromatic N) is 4. The van der Waals surface area contributed by atoms with Gasteiger partial charge in [-0.3, -0.25) is 33.6 Å². The highest BCUT2D eigenvalue weighted by atomic mass is 16.5. The number of amides is 6. The van der Waals surface area contributed by atoms with Gasteiger partial charge in [0.1, 0.15) is 48.4 Å². The first-order chi connectivity index (χ1) is 42.8. The number of likely N-dealkylation sites (N-methyl/N-ethyl adjacent to an activating group) is 3. The summed E-state index contributed by atoms with van der Waals surface area (Å²) < 4.78 is 41.0. The third-order valence-electron chi connectivity index (χ3n) is 16.1. The van der Waals surface area contributed by atoms with Gasteiger partial charge in [0.15, 0.2) is 18.1 Å². The van der Waals surface area contributed by atoms with Crippen LogP contribution in [0.5, 0.6) is 23.0 Å². The molecule has 1 fully saturated rings. The van der Waals surface area contributed by atoms with Crippen LogP contribution in [0.25, 0.3) is 10.8 Å². The van der Waals surface area contributed by atoms with E-state index in [2.05, 4.69) is 10.6 Å². The number of hydrogen-bond acceptors (Lipinski definition) is 16. The molecule has 1 saturated heterocycles. The number of Topliss-reactive ketones (excluding diaryl/α,β-unsaturated/α-hetero) is 1. The zero-order chi connectivity index (χ0) is 65.9. The number of methoxy groups -OCH3 is 3. The summed E-state index contributed by atoms with van der Waals surface area (Å²) >= 11 is 0. The normalized spacial score (nSPS) is 21.3. The maximum Gasteiger partial charge on any atom is 0.330 e. The second-order valence-corrected chi connectivity index (χ2v) is 24.4. The maximum absolute atomic E-state index is 15.1. The molecule has 0 aliphatic carbocycles. The van der Waals surface area contributed by atoms with E-state index in [1.54, 1.807) is 57.2 Å². The van der Waals surface area contributed by atoms with Gasteiger partial charge in [0, 0.05) is 52.8 Å². The lowest BCUT2D eigenvalue weighted by atomic mass is 9.87. The minimum atomic E-state index is -1.51. The predicted octanol–water partition coefficient (Wildman–Crippen LogP) is 6.90. The number of piperidine rings is 1. The largest absolute Gasteiger partial charge is 0.496 e. The summed E-state index contributed by atoms with van der Waals surface area (Å²) in [5, 5.41) is 7.49. The molecular formula is C68H90N6O16. The second-order valence-electron chi connectivity index (χ2n) is 24.4. The van der Waals surface area contributed by atoms with Crippen molar-refractivity contribution in [2.24, 2.45) is 5.41 Å². The third-order valence-corrected chi connectivity index (χ3v) is 16.1. The minimum Gasteiger partial charge on any atom is -0.496 e. The summed E-state index contributed by atoms with van der Waals surface area (Å²) in [4.78, 5) is 133. The standard InChI is InChI=1S/C68H90N6O16/c1-13-14-26-51-63(80)70-50(36-44-29-30-45-22-15-16-23-46(45)35-44)64(81)73(9)53(41-89-67(2,3)4)62(79)69-40-58(75)71(7)33-19-18-28-60(77)88-43-68(5,6)61(78)65(82)74-34-20-17-27-52(74)66(83)90-54(47-24-21-25-49(37-47)87-42-59(76)72(51)8)32-31-48-38-56(85-11)57(86-12)39-55(48)84-10/h15-16,18,21-25,28-30,35,37-39,50-54H,13-14,17,19-20,26-27,31-34,36,40-43H2,1-12H3,(H,69,79)(H,70,80)/t50-,51-,52-,53-,54+/m0/s1. The van der Waals surface area contributed by atoms with Gasteiger partial charge in [-0.25, -0.2) is 9.59 Å². The van der Waals surface area contributed by atoms with Crippen LogP contribution in [-0.4, -0.2) is 184 Å². The van der Waals surface area contributed by atoms with E-state index >= 15 is 4.79 Å². The highest BCUT2D eigenvalue weighted by Gasteiger charge is 2.43. The summed E-state index contributed by atoms with van der Waals surface area (Å²) in [6, 6.07) is 18.7. The lowest BCUT2D eigenvalue weighted by Gasteiger charge is -2.36. The Morgan fingerprint density at radius 3 is 2.13 bits per heavy atom. The molecule has 4 aromatic rings. The molecule has 0 saturated carbocycles. The van der Waals surface area contributed by atoms with Gasteiger partial charge in [-0.05, 0) is 125 Å². The molecule has 2 bridgehead atoms. The van der Waals surface area contributed by atoms with Gasteiger partial charge in [0.25, 0.3) is 11.8 Å². The molecule has 22 heteroatoms. The van der Waals surface area contributed by atoms with Crippen molar-refractivity contribution in [1.29, 1.82) is 0 Å². The minimum absolute atomic E-state index is 0.00584. The number of unbranched alkanes of at least 4 members (excludes halogenated alkanes) is 1. The zero-order valence-electron chi connectivity index (χ0n) is 54.2. The molecule has 6 amide bonds. The van der Waals surface area contributed by atoms with E-state index in [9.17, 15) is 38.4 Å². The SMILES string of the molecule is CCCC[C@H]1C(=O)N[C@@H](Cc2ccc3ccccc3c2)C(=O)N(C)[C@@H](COC(C)(C)C)C(=O)NCC(=O)N(C)CCC=CC(=O)OCC(C)(C)C(=O)C(=O)N2CCCC[C@H]2C(=O)O[C@H](CCc2cc(OC)c(OC)cc2OC)c2cccc(c2)OCC(=O)N1C. The molecule has 5 atom stereocenters. The van der Waals surface area contributed by atoms with Crippen molar-refractivity contribution in [2.45, 2.75) is 142 Å². The molecule has 0 aromatic heterocycles. The fraction of sp³-hybridized carbons (Fsp3) is 0.515. The number of rotatable bonds is 13. The number of ketones is 1. The van der Waals surface area contributed by atoms with Crippen LogP contribution < -0.4 is 29.6 Å². The molecule has 2 aliphatic rings. The average molecular weight is 1250 g/mol. The monoisotopic (exact) mass is 1250 g/mol. The summed E-state index contributed by atoms with van der Waals surface area (Å²) in [7, 11) is 8.96. The van der Waals surface area contributed by atoms with E-state index in [0.29, 0.717) is 59.6 Å². The first kappa shape index (κ1) is 70.6. The van der Waals surface area contributed by atoms with Gasteiger partial charge in [-0.1, -0.05) is 80.4 Å². The topological polar surface area (TPSA) is 255 Å². The number of benzene rings is 4. The second kappa shape index (κ2) is 32.8. The molecule has 2 aliphatic heterocycles. The molecule has 90 heavy (non-hydrogen) atoms. The van der Waals surface area contributed by atoms with E-state index in [1.165, 1.54) is 82.0 Å². The Hall–Kier alpha value is -8.53. The summed E-state index contributed by atoms with van der Waals surface area (Å²) in [5.41, 5.74) is -0.403. The Kier molecular flexibility index (Phi) is 25.7. The van der Waals surface area contributed by atoms with Crippen molar-refractivity contribution in [3.8, 4) is 23.0 Å². The molecule has 6 rings (SSSR count). The van der Waals surface area contributed by atoms with Crippen LogP contribution in [0.4, 0.5) is 0 Å². The fourth-order valence-electron chi connectivity index (χ4n) is 10.6. The molecular weight excluding hydrogens is 1160 g/mol. The van der Waals surface area contributed by atoms with E-state index in [0.717, 1.165) is 16.8 Å². The number of hydrogen-bond donors (Lipinski definition) is 2. The number of ether oxygens (including phenoxy) is 7. The van der Waals surface area contributed by atoms with Gasteiger partial charge in [-0.2, -0.15) is 0 Å². The average Bonchev–Trinajstić information content (AvgIpc) is 2.38. The Bertz CT molecular complexity index is 3230. The number of aryl methyl sites for hydroxylation is 1. The lowest BCUT2D eigenvalue weighted by Crippen LogP contribution is -2.59. The quantitative estimate of drug-likeness (QED) is 0.102. The number of nitrogens with one attached hydrogen (secondary N) is 2. The highest BCUT2D eigenvalue weighted by Crippen LogP contribution is 2.37. The molecule has 22 nitrogen and oxygen atoms in total. The number of cyclic esters (lactones) is 2. The van der Waals surface area contributed by atoms with Crippen LogP contribution in [-0.2, 0) is 70.2 Å². The van der Waals surface area contributed by atoms with Crippen molar-refractivity contribution in [1.82, 2.24) is 30.2 Å². The van der Waals surface area contributed by atoms with Crippen molar-refractivity contribution in [3.63, 3.8) is 0 Å². The maximum atomic E-state index is 15.1. The zero-order valence-corrected chi connectivity index (χ0v) is 54.2. The molecule has 0 radical (unpaired) electrons. The van der Waals surface area contributed by atoms with E-state index in [1.807, 2.05) is 49.4 Å². The fourth-order valence-corrected chi connectivity index (χ4v) is 10.6. The van der Waals surface area contributed by atoms with Crippen LogP contribution in [0.1, 0.15) is 116 Å². The van der Waals surface area contributed by atoms with Gasteiger partial charge >= 0.3 is 11.9 Å². The number of carbonyl (C=O) groups is 9. The van der Waals surface area contributed by atoms with Crippen LogP contribution in [0.15, 0.2) is 91.0 Å². The first-order valence-electron chi connectivity index (χ1n) is 30.7. The Morgan fingerprint density at radius 1 is 0.722 bits per heavy atom. The van der Waals surface area contributed by atoms with E-state index < -0.39 is 114 Å². The van der Waals surface area contributed by atoms with Crippen LogP contribution in [0.3, 0.4) is 0 Å². The number of fused-ring (bicyclic) bond motifs is 4. The molecule has 0 spiro atoms. The first-order valence-corrected chi connectivity index (χ1v) is 30.7. The summed E-state index contributed by atoms with van der Waals surface area (Å²) in [6.07, 6.45) is 4.94. The van der Waals surface area contributed by atoms with Crippen molar-refractivity contribution < 1.29 is 76.3 Å². The van der Waals surface area contributed by atoms with Crippen molar-refractivity contribution in [2.75, 3.05) is 81.9 Å². The highest BCUT2D eigenvalue weighted by molar-refractivity contribution is 6.38. The van der Waals surface area contributed by atoms with Crippen LogP contribution in [0, 0.1) is 5.41 Å². The van der Waals surface area contributed by atoms with Crippen LogP contribution in [0.2, 0.25) is 0 Å². The summed E-state index contributed by atoms with van der Waals surface area (Å²) in [6.45, 7) is 8.73. The molecule has 2 N–H and O–H groups in total. The molecule has 488 valence electrons. The van der Waals surface area contributed by atoms with Gasteiger partial charge in [0.05, 0.1) is 45.5 Å². The number of esters is 2. The molecule has 2 heterocycles. The van der Waals surface area contributed by atoms with Gasteiger partial charge < -0.3 is 63.4 Å².